The van der Waals surface area contributed by atoms with Crippen molar-refractivity contribution in [2.75, 3.05) is 10.5 Å². The topological polar surface area (TPSA) is 98.0 Å². The number of nitrogens with one attached hydrogen (secondary N) is 1. The maximum atomic E-state index is 12.3. The van der Waals surface area contributed by atoms with Crippen molar-refractivity contribution >= 4 is 65.0 Å². The van der Waals surface area contributed by atoms with E-state index in [-0.39, 0.29) is 26.0 Å². The molecular formula is C10H7Br2ClN4O2S. The van der Waals surface area contributed by atoms with Crippen LogP contribution in [0.3, 0.4) is 0 Å². The highest BCUT2D eigenvalue weighted by atomic mass is 79.9. The van der Waals surface area contributed by atoms with Crippen LogP contribution in [0.15, 0.2) is 38.5 Å². The van der Waals surface area contributed by atoms with Gasteiger partial charge in [0.05, 0.1) is 11.2 Å². The van der Waals surface area contributed by atoms with E-state index in [1.54, 1.807) is 0 Å². The first-order chi connectivity index (χ1) is 9.29. The molecule has 0 spiro atoms. The number of nitrogen functional groups attached to an aromatic ring is 1. The van der Waals surface area contributed by atoms with Crippen molar-refractivity contribution < 1.29 is 8.42 Å². The van der Waals surface area contributed by atoms with E-state index in [1.165, 1.54) is 24.4 Å². The van der Waals surface area contributed by atoms with Crippen LogP contribution in [0.4, 0.5) is 11.5 Å². The molecule has 0 aliphatic heterocycles. The summed E-state index contributed by atoms with van der Waals surface area (Å²) < 4.78 is 27.5. The quantitative estimate of drug-likeness (QED) is 0.712. The van der Waals surface area contributed by atoms with Gasteiger partial charge in [0.25, 0.3) is 10.0 Å². The summed E-state index contributed by atoms with van der Waals surface area (Å²) in [6.45, 7) is 0. The van der Waals surface area contributed by atoms with Gasteiger partial charge in [-0.15, -0.1) is 0 Å². The Kier molecular flexibility index (Phi) is 4.52. The summed E-state index contributed by atoms with van der Waals surface area (Å²) in [5.41, 5.74) is 5.86. The third kappa shape index (κ3) is 3.40. The van der Waals surface area contributed by atoms with E-state index < -0.39 is 10.0 Å². The zero-order valence-corrected chi connectivity index (χ0v) is 14.4. The predicted octanol–water partition coefficient (Wildman–Crippen LogP) is 3.04. The van der Waals surface area contributed by atoms with Gasteiger partial charge in [0.2, 0.25) is 0 Å². The maximum Gasteiger partial charge on any atom is 0.264 e. The molecule has 2 rings (SSSR count). The van der Waals surface area contributed by atoms with Crippen molar-refractivity contribution in [2.45, 2.75) is 4.90 Å². The Morgan fingerprint density at radius 1 is 1.30 bits per heavy atom. The Bertz CT molecular complexity index is 770. The van der Waals surface area contributed by atoms with Gasteiger partial charge in [-0.25, -0.2) is 18.4 Å². The maximum absolute atomic E-state index is 12.3. The summed E-state index contributed by atoms with van der Waals surface area (Å²) in [6, 6.07) is 4.19. The van der Waals surface area contributed by atoms with Crippen molar-refractivity contribution in [1.82, 2.24) is 9.97 Å². The molecule has 10 heteroatoms. The smallest absolute Gasteiger partial charge is 0.264 e. The standard InChI is InChI=1S/C10H7Br2ClN4O2S/c11-8-4-15-10(9(12)16-8)17-20(18,19)7-3-5(14)1-2-6(7)13/h1-4H,14H2,(H,15,17). The van der Waals surface area contributed by atoms with Crippen LogP contribution in [0.1, 0.15) is 0 Å². The normalized spacial score (nSPS) is 11.3. The fraction of sp³-hybridized carbons (Fsp3) is 0. The Morgan fingerprint density at radius 3 is 2.65 bits per heavy atom. The first-order valence-corrected chi connectivity index (χ1v) is 8.50. The van der Waals surface area contributed by atoms with Crippen LogP contribution in [0.5, 0.6) is 0 Å². The third-order valence-corrected chi connectivity index (χ3v) is 4.93. The lowest BCUT2D eigenvalue weighted by molar-refractivity contribution is 0.601. The highest BCUT2D eigenvalue weighted by Gasteiger charge is 2.20. The van der Waals surface area contributed by atoms with Crippen LogP contribution < -0.4 is 10.5 Å². The van der Waals surface area contributed by atoms with Gasteiger partial charge in [-0.05, 0) is 50.1 Å². The van der Waals surface area contributed by atoms with Gasteiger partial charge >= 0.3 is 0 Å². The summed E-state index contributed by atoms with van der Waals surface area (Å²) in [4.78, 5) is 7.77. The van der Waals surface area contributed by atoms with Gasteiger partial charge < -0.3 is 5.73 Å². The van der Waals surface area contributed by atoms with Gasteiger partial charge in [0.1, 0.15) is 9.50 Å². The number of halogens is 3. The lowest BCUT2D eigenvalue weighted by Crippen LogP contribution is -2.15. The van der Waals surface area contributed by atoms with Crippen molar-refractivity contribution in [3.8, 4) is 0 Å². The summed E-state index contributed by atoms with van der Waals surface area (Å²) in [5, 5.41) is 0.0629. The number of nitrogens with two attached hydrogens (primary N) is 1. The molecule has 6 nitrogen and oxygen atoms in total. The molecule has 0 aliphatic carbocycles. The van der Waals surface area contributed by atoms with Crippen LogP contribution in [-0.2, 0) is 10.0 Å². The number of aromatic nitrogens is 2. The molecule has 1 aromatic heterocycles. The van der Waals surface area contributed by atoms with Gasteiger partial charge in [0, 0.05) is 5.69 Å². The van der Waals surface area contributed by atoms with E-state index in [0.717, 1.165) is 0 Å². The van der Waals surface area contributed by atoms with E-state index in [4.69, 9.17) is 17.3 Å². The zero-order valence-electron chi connectivity index (χ0n) is 9.64. The Morgan fingerprint density at radius 2 is 2.00 bits per heavy atom. The average molecular weight is 443 g/mol. The van der Waals surface area contributed by atoms with Crippen LogP contribution in [0.2, 0.25) is 5.02 Å². The lowest BCUT2D eigenvalue weighted by Gasteiger charge is -2.10. The summed E-state index contributed by atoms with van der Waals surface area (Å²) in [7, 11) is -3.91. The highest BCUT2D eigenvalue weighted by Crippen LogP contribution is 2.27. The number of anilines is 2. The number of hydrogen-bond donors (Lipinski definition) is 2. The van der Waals surface area contributed by atoms with Gasteiger partial charge in [-0.3, -0.25) is 4.72 Å². The molecule has 0 fully saturated rings. The molecule has 0 amide bonds. The van der Waals surface area contributed by atoms with Crippen molar-refractivity contribution in [1.29, 1.82) is 0 Å². The molecule has 0 bridgehead atoms. The minimum atomic E-state index is -3.91. The lowest BCUT2D eigenvalue weighted by atomic mass is 10.3. The van der Waals surface area contributed by atoms with E-state index in [2.05, 4.69) is 46.5 Å². The van der Waals surface area contributed by atoms with Crippen molar-refractivity contribution in [2.24, 2.45) is 0 Å². The second-order valence-corrected chi connectivity index (χ2v) is 7.25. The molecular weight excluding hydrogens is 435 g/mol. The molecule has 106 valence electrons. The number of sulfonamides is 1. The number of nitrogens with zero attached hydrogens (tertiary/aromatic N) is 2. The fourth-order valence-corrected chi connectivity index (χ4v) is 3.92. The van der Waals surface area contributed by atoms with Gasteiger partial charge in [-0.2, -0.15) is 0 Å². The van der Waals surface area contributed by atoms with E-state index in [9.17, 15) is 8.42 Å². The monoisotopic (exact) mass is 440 g/mol. The molecule has 0 unspecified atom stereocenters. The Hall–Kier alpha value is -0.900. The molecule has 0 saturated carbocycles. The van der Waals surface area contributed by atoms with Gasteiger partial charge in [-0.1, -0.05) is 11.6 Å². The minimum Gasteiger partial charge on any atom is -0.399 e. The SMILES string of the molecule is Nc1ccc(Cl)c(S(=O)(=O)Nc2ncc(Br)nc2Br)c1. The van der Waals surface area contributed by atoms with Gasteiger partial charge in [0.15, 0.2) is 10.4 Å². The van der Waals surface area contributed by atoms with Crippen LogP contribution in [-0.4, -0.2) is 18.4 Å². The summed E-state index contributed by atoms with van der Waals surface area (Å²) >= 11 is 12.1. The number of hydrogen-bond acceptors (Lipinski definition) is 5. The van der Waals surface area contributed by atoms with Crippen LogP contribution in [0.25, 0.3) is 0 Å². The fourth-order valence-electron chi connectivity index (χ4n) is 1.32. The second-order valence-electron chi connectivity index (χ2n) is 3.63. The molecule has 3 N–H and O–H groups in total. The average Bonchev–Trinajstić information content (AvgIpc) is 2.35. The van der Waals surface area contributed by atoms with Crippen LogP contribution >= 0.6 is 43.5 Å². The van der Waals surface area contributed by atoms with E-state index in [0.29, 0.717) is 4.60 Å². The summed E-state index contributed by atoms with van der Waals surface area (Å²) in [5.74, 6) is 0.0479. The minimum absolute atomic E-state index is 0.0479. The van der Waals surface area contributed by atoms with Crippen LogP contribution in [0, 0.1) is 0 Å². The summed E-state index contributed by atoms with van der Waals surface area (Å²) in [6.07, 6.45) is 1.36. The molecule has 20 heavy (non-hydrogen) atoms. The second kappa shape index (κ2) is 5.84. The zero-order chi connectivity index (χ0) is 14.9. The van der Waals surface area contributed by atoms with E-state index >= 15 is 0 Å². The molecule has 0 radical (unpaired) electrons. The molecule has 0 atom stereocenters. The predicted molar refractivity (Wildman–Crippen MR) is 84.1 cm³/mol. The Labute approximate surface area is 137 Å². The molecule has 2 aromatic rings. The molecule has 1 heterocycles. The molecule has 1 aromatic carbocycles. The Balaban J connectivity index is 2.43. The van der Waals surface area contributed by atoms with Crippen molar-refractivity contribution in [3.63, 3.8) is 0 Å². The van der Waals surface area contributed by atoms with Crippen molar-refractivity contribution in [3.05, 3.63) is 38.6 Å². The number of rotatable bonds is 3. The van der Waals surface area contributed by atoms with E-state index in [1.807, 2.05) is 0 Å². The molecule has 0 saturated heterocycles. The third-order valence-electron chi connectivity index (χ3n) is 2.18. The highest BCUT2D eigenvalue weighted by molar-refractivity contribution is 9.11. The number of benzene rings is 1. The first kappa shape index (κ1) is 15.5. The largest absolute Gasteiger partial charge is 0.399 e. The first-order valence-electron chi connectivity index (χ1n) is 5.05. The molecule has 0 aliphatic rings.